The minimum absolute atomic E-state index is 0.0295. The molecule has 2 aromatic heterocycles. The average molecular weight is 1410 g/mol. The Balaban J connectivity index is 0.874. The van der Waals surface area contributed by atoms with Gasteiger partial charge in [-0.3, -0.25) is 0 Å². The number of hydrogen-bond donors (Lipinski definition) is 0. The number of para-hydroxylation sites is 1. The molecule has 0 spiro atoms. The van der Waals surface area contributed by atoms with Gasteiger partial charge in [-0.05, 0) is 232 Å². The first kappa shape index (κ1) is 66.5. The van der Waals surface area contributed by atoms with Crippen molar-refractivity contribution in [3.05, 3.63) is 343 Å². The van der Waals surface area contributed by atoms with Crippen LogP contribution in [0.25, 0.3) is 111 Å². The van der Waals surface area contributed by atoms with Crippen LogP contribution >= 0.6 is 0 Å². The first-order valence-electron chi connectivity index (χ1n) is 39.2. The van der Waals surface area contributed by atoms with E-state index < -0.39 is 0 Å². The normalized spacial score (nSPS) is 15.6. The van der Waals surface area contributed by atoms with Gasteiger partial charge in [-0.2, -0.15) is 0 Å². The minimum atomic E-state index is -0.194. The maximum atomic E-state index is 2.64. The lowest BCUT2D eigenvalue weighted by molar-refractivity contribution is 0.332. The van der Waals surface area contributed by atoms with Crippen molar-refractivity contribution in [3.8, 4) is 67.0 Å². The van der Waals surface area contributed by atoms with E-state index in [4.69, 9.17) is 0 Å². The number of rotatable bonds is 9. The van der Waals surface area contributed by atoms with Crippen molar-refractivity contribution in [2.45, 2.75) is 116 Å². The van der Waals surface area contributed by atoms with Gasteiger partial charge in [0.15, 0.2) is 0 Å². The Hall–Kier alpha value is -11.9. The molecule has 0 saturated heterocycles. The van der Waals surface area contributed by atoms with E-state index in [1.165, 1.54) is 139 Å². The van der Waals surface area contributed by atoms with Crippen molar-refractivity contribution in [1.29, 1.82) is 0 Å². The van der Waals surface area contributed by atoms with Crippen LogP contribution in [0.4, 0.5) is 34.1 Å². The van der Waals surface area contributed by atoms with E-state index in [2.05, 4.69) is 411 Å². The summed E-state index contributed by atoms with van der Waals surface area (Å²) in [6.45, 7) is 25.9. The van der Waals surface area contributed by atoms with Crippen molar-refractivity contribution in [1.82, 2.24) is 9.13 Å². The molecule has 0 saturated carbocycles. The molecule has 528 valence electrons. The van der Waals surface area contributed by atoms with E-state index in [1.807, 2.05) is 0 Å². The summed E-state index contributed by atoms with van der Waals surface area (Å²) in [7, 11) is 0. The summed E-state index contributed by atoms with van der Waals surface area (Å²) in [5, 5.41) is 4.91. The second-order valence-corrected chi connectivity index (χ2v) is 34.9. The molecule has 0 unspecified atom stereocenters. The van der Waals surface area contributed by atoms with Crippen molar-refractivity contribution in [2.24, 2.45) is 0 Å². The van der Waals surface area contributed by atoms with Crippen LogP contribution in [0.2, 0.25) is 0 Å². The molecule has 16 aromatic rings. The molecule has 0 radical (unpaired) electrons. The van der Waals surface area contributed by atoms with Gasteiger partial charge >= 0.3 is 0 Å². The molecule has 0 N–H and O–H groups in total. The van der Waals surface area contributed by atoms with Crippen LogP contribution in [0.3, 0.4) is 0 Å². The Kier molecular flexibility index (Phi) is 14.8. The highest BCUT2D eigenvalue weighted by atomic mass is 15.2. The zero-order chi connectivity index (χ0) is 74.2. The third-order valence-electron chi connectivity index (χ3n) is 25.3. The molecule has 0 atom stereocenters. The smallest absolute Gasteiger partial charge is 0.252 e. The number of nitrogens with zero attached hydrogens (tertiary/aromatic N) is 4. The maximum absolute atomic E-state index is 2.64. The highest BCUT2D eigenvalue weighted by Gasteiger charge is 2.45. The van der Waals surface area contributed by atoms with E-state index in [-0.39, 0.29) is 33.8 Å². The van der Waals surface area contributed by atoms with E-state index in [0.29, 0.717) is 0 Å². The largest absolute Gasteiger partial charge is 0.311 e. The number of aromatic nitrogens is 2. The van der Waals surface area contributed by atoms with Gasteiger partial charge < -0.3 is 18.9 Å². The van der Waals surface area contributed by atoms with Crippen LogP contribution in [-0.4, -0.2) is 15.8 Å². The molecule has 14 aromatic carbocycles. The van der Waals surface area contributed by atoms with Gasteiger partial charge in [-0.15, -0.1) is 0 Å². The van der Waals surface area contributed by atoms with Crippen molar-refractivity contribution in [3.63, 3.8) is 0 Å². The number of fused-ring (bicyclic) bond motifs is 12. The lowest BCUT2D eigenvalue weighted by Gasteiger charge is -2.44. The second-order valence-electron chi connectivity index (χ2n) is 34.9. The number of hydrogen-bond acceptors (Lipinski definition) is 2. The quantitative estimate of drug-likeness (QED) is 0.106. The number of allylic oxidation sites excluding steroid dienone is 2. The van der Waals surface area contributed by atoms with Gasteiger partial charge in [0.25, 0.3) is 6.71 Å². The van der Waals surface area contributed by atoms with Crippen molar-refractivity contribution >= 4 is 101 Å². The van der Waals surface area contributed by atoms with Crippen LogP contribution < -0.4 is 26.2 Å². The highest BCUT2D eigenvalue weighted by Crippen LogP contribution is 2.52. The van der Waals surface area contributed by atoms with Crippen LogP contribution in [0, 0.1) is 0 Å². The Morgan fingerprint density at radius 2 is 0.679 bits per heavy atom. The molecular weight excluding hydrogens is 1320 g/mol. The fourth-order valence-electron chi connectivity index (χ4n) is 19.0. The minimum Gasteiger partial charge on any atom is -0.311 e. The lowest BCUT2D eigenvalue weighted by Crippen LogP contribution is -2.61. The molecule has 0 fully saturated rings. The van der Waals surface area contributed by atoms with Gasteiger partial charge in [0, 0.05) is 72.2 Å². The Labute approximate surface area is 642 Å². The molecule has 5 heteroatoms. The van der Waals surface area contributed by atoms with E-state index in [1.54, 1.807) is 0 Å². The van der Waals surface area contributed by atoms with E-state index >= 15 is 0 Å². The summed E-state index contributed by atoms with van der Waals surface area (Å²) in [5.41, 5.74) is 36.4. The third kappa shape index (κ3) is 10.7. The average Bonchev–Trinajstić information content (AvgIpc) is 1.66. The molecule has 4 heterocycles. The predicted octanol–water partition coefficient (Wildman–Crippen LogP) is 26.1. The molecular formula is C104H89BN4. The Morgan fingerprint density at radius 1 is 0.275 bits per heavy atom. The SMILES string of the molecule is CC(C)(C)c1ccc2c(c1)c1ccccc1n2-c1ccc2c(c1)N(c1ccc(-c3ccc4c(c3)C(C)(C)CCC4(C)C)cc1)c1cc(-n3c4ccc(-c5ccccc5)cc4c4cc(-c5ccccc5)ccc43)cc3c1B2c1cc(-c2ccccc2)ccc1N3c1ccc(-c2ccc3c(c2)C(C)(C)C=CC3(C)C)cc1. The standard InChI is InChI=1S/C104H89BN4/c1-100(2,3)76-40-52-94-84(62-76)81-29-21-22-30-91(81)108(94)79-45-48-89-96(63-79)107(78-43-33-70(34-44-78)74-36-47-86-88(60-74)104(10,11)56-54-102(86,6)7)98-65-80(109-92-49-37-71(66-23-15-12-16-24-66)57-82(92)83-58-72(38-50-93(83)109)67-25-17-13-18-26-67)64-97-99(98)105(89)90-61-75(68-27-19-14-20-28-68)39-51-95(90)106(97)77-41-31-69(32-42-77)73-35-46-85-87(59-73)103(8,9)55-53-101(85,4)5/h12-53,55,57-65H,54,56H2,1-11H3. The first-order chi connectivity index (χ1) is 52.6. The highest BCUT2D eigenvalue weighted by molar-refractivity contribution is 7.00. The van der Waals surface area contributed by atoms with E-state index in [0.717, 1.165) is 63.0 Å². The lowest BCUT2D eigenvalue weighted by atomic mass is 9.33. The fraction of sp³-hybridized carbons (Fsp3) is 0.173. The summed E-state index contributed by atoms with van der Waals surface area (Å²) >= 11 is 0. The molecule has 0 amide bonds. The van der Waals surface area contributed by atoms with Gasteiger partial charge in [0.2, 0.25) is 0 Å². The molecule has 109 heavy (non-hydrogen) atoms. The molecule has 4 nitrogen and oxygen atoms in total. The zero-order valence-corrected chi connectivity index (χ0v) is 64.3. The number of benzene rings is 14. The zero-order valence-electron chi connectivity index (χ0n) is 64.3. The van der Waals surface area contributed by atoms with Crippen molar-refractivity contribution < 1.29 is 0 Å². The molecule has 20 rings (SSSR count). The topological polar surface area (TPSA) is 16.3 Å². The van der Waals surface area contributed by atoms with Gasteiger partial charge in [0.05, 0.1) is 27.8 Å². The summed E-state index contributed by atoms with van der Waals surface area (Å²) in [5.74, 6) is 0. The molecule has 4 aliphatic rings. The van der Waals surface area contributed by atoms with Gasteiger partial charge in [0.1, 0.15) is 0 Å². The van der Waals surface area contributed by atoms with Crippen molar-refractivity contribution in [2.75, 3.05) is 9.80 Å². The van der Waals surface area contributed by atoms with E-state index in [9.17, 15) is 0 Å². The fourth-order valence-corrected chi connectivity index (χ4v) is 19.0. The van der Waals surface area contributed by atoms with Crippen LogP contribution in [0.15, 0.2) is 315 Å². The Morgan fingerprint density at radius 3 is 1.25 bits per heavy atom. The summed E-state index contributed by atoms with van der Waals surface area (Å²) in [4.78, 5) is 5.25. The van der Waals surface area contributed by atoms with Gasteiger partial charge in [-0.25, -0.2) is 0 Å². The molecule has 2 aliphatic heterocycles. The maximum Gasteiger partial charge on any atom is 0.252 e. The predicted molar refractivity (Wildman–Crippen MR) is 466 cm³/mol. The third-order valence-corrected chi connectivity index (χ3v) is 25.3. The van der Waals surface area contributed by atoms with Crippen LogP contribution in [-0.2, 0) is 27.1 Å². The second kappa shape index (κ2) is 24.3. The summed E-state index contributed by atoms with van der Waals surface area (Å²) < 4.78 is 5.09. The van der Waals surface area contributed by atoms with Gasteiger partial charge in [-0.1, -0.05) is 289 Å². The number of anilines is 6. The molecule has 2 aliphatic carbocycles. The van der Waals surface area contributed by atoms with Crippen LogP contribution in [0.1, 0.15) is 117 Å². The monoisotopic (exact) mass is 1400 g/mol. The molecule has 0 bridgehead atoms. The summed E-state index contributed by atoms with van der Waals surface area (Å²) in [6, 6.07) is 117. The first-order valence-corrected chi connectivity index (χ1v) is 39.2. The van der Waals surface area contributed by atoms with Crippen LogP contribution in [0.5, 0.6) is 0 Å². The summed E-state index contributed by atoms with van der Waals surface area (Å²) in [6.07, 6.45) is 7.13. The Bertz CT molecular complexity index is 6340.